The van der Waals surface area contributed by atoms with Crippen LogP contribution in [0.25, 0.3) is 0 Å². The van der Waals surface area contributed by atoms with Crippen molar-refractivity contribution in [3.8, 4) is 0 Å². The van der Waals surface area contributed by atoms with Crippen LogP contribution in [0.2, 0.25) is 0 Å². The minimum atomic E-state index is -0.503. The Balaban J connectivity index is 1.23. The van der Waals surface area contributed by atoms with Crippen molar-refractivity contribution in [2.75, 3.05) is 50.1 Å². The van der Waals surface area contributed by atoms with Gasteiger partial charge in [0.2, 0.25) is 5.91 Å². The molecule has 1 heterocycles. The lowest BCUT2D eigenvalue weighted by Gasteiger charge is -2.40. The molecule has 1 saturated heterocycles. The first kappa shape index (κ1) is 36.2. The van der Waals surface area contributed by atoms with Gasteiger partial charge in [0, 0.05) is 62.6 Å². The lowest BCUT2D eigenvalue weighted by atomic mass is 9.85. The molecule has 0 unspecified atom stereocenters. The maximum absolute atomic E-state index is 13.5. The first-order valence-corrected chi connectivity index (χ1v) is 17.0. The standard InChI is InChI=1S/C37H54N4O6/c1-8-46-34(42)25-45-24-28-10-9-11-32(21-28)38-31-15-12-29(13-16-31)35(43)39(7)33-17-14-30(26(2)20-33)23-40-18-19-41(27(3)22-40)36(44)47-37(4,5)6/h9-11,14,17,20-21,27,29,31,38H,8,12-13,15-16,18-19,22-25H2,1-7H3/t27-,29?,31?/m0/s1. The average Bonchev–Trinajstić information content (AvgIpc) is 3.01. The summed E-state index contributed by atoms with van der Waals surface area (Å²) in [6.07, 6.45) is 3.28. The van der Waals surface area contributed by atoms with Gasteiger partial charge in [0.15, 0.2) is 0 Å². The number of carbonyl (C=O) groups excluding carboxylic acids is 3. The van der Waals surface area contributed by atoms with Crippen molar-refractivity contribution in [2.45, 2.75) is 98.1 Å². The van der Waals surface area contributed by atoms with Crippen LogP contribution in [0.3, 0.4) is 0 Å². The minimum absolute atomic E-state index is 0.00315. The zero-order valence-electron chi connectivity index (χ0n) is 29.3. The van der Waals surface area contributed by atoms with Crippen LogP contribution < -0.4 is 10.2 Å². The van der Waals surface area contributed by atoms with E-state index in [2.05, 4.69) is 42.3 Å². The number of piperazine rings is 1. The molecule has 0 radical (unpaired) electrons. The molecule has 2 amide bonds. The number of hydrogen-bond acceptors (Lipinski definition) is 8. The Labute approximate surface area is 280 Å². The van der Waals surface area contributed by atoms with E-state index >= 15 is 0 Å². The maximum Gasteiger partial charge on any atom is 0.410 e. The lowest BCUT2D eigenvalue weighted by Crippen LogP contribution is -2.54. The summed E-state index contributed by atoms with van der Waals surface area (Å²) in [7, 11) is 1.88. The third-order valence-electron chi connectivity index (χ3n) is 8.95. The number of ether oxygens (including phenoxy) is 3. The molecule has 10 nitrogen and oxygen atoms in total. The number of nitrogens with one attached hydrogen (secondary N) is 1. The van der Waals surface area contributed by atoms with Crippen LogP contribution in [-0.4, -0.2) is 85.3 Å². The predicted octanol–water partition coefficient (Wildman–Crippen LogP) is 6.15. The van der Waals surface area contributed by atoms with Gasteiger partial charge in [0.25, 0.3) is 0 Å². The van der Waals surface area contributed by atoms with Crippen molar-refractivity contribution in [1.82, 2.24) is 9.80 Å². The van der Waals surface area contributed by atoms with Gasteiger partial charge in [-0.1, -0.05) is 18.2 Å². The summed E-state index contributed by atoms with van der Waals surface area (Å²) >= 11 is 0. The van der Waals surface area contributed by atoms with Crippen LogP contribution in [0.15, 0.2) is 42.5 Å². The number of carbonyl (C=O) groups is 3. The first-order chi connectivity index (χ1) is 22.3. The van der Waals surface area contributed by atoms with E-state index in [1.807, 2.05) is 61.9 Å². The van der Waals surface area contributed by atoms with Crippen molar-refractivity contribution in [3.63, 3.8) is 0 Å². The van der Waals surface area contributed by atoms with Gasteiger partial charge in [-0.25, -0.2) is 9.59 Å². The van der Waals surface area contributed by atoms with E-state index in [0.717, 1.165) is 67.8 Å². The summed E-state index contributed by atoms with van der Waals surface area (Å²) in [5.41, 5.74) is 4.81. The average molecular weight is 651 g/mol. The Bertz CT molecular complexity index is 1370. The number of esters is 1. The van der Waals surface area contributed by atoms with Crippen molar-refractivity contribution < 1.29 is 28.6 Å². The summed E-state index contributed by atoms with van der Waals surface area (Å²) in [5.74, 6) is -0.184. The van der Waals surface area contributed by atoms with E-state index in [1.54, 1.807) is 6.92 Å². The van der Waals surface area contributed by atoms with Crippen molar-refractivity contribution in [3.05, 3.63) is 59.2 Å². The fraction of sp³-hybridized carbons (Fsp3) is 0.595. The highest BCUT2D eigenvalue weighted by atomic mass is 16.6. The molecule has 10 heteroatoms. The Kier molecular flexibility index (Phi) is 12.7. The van der Waals surface area contributed by atoms with Gasteiger partial charge in [-0.3, -0.25) is 9.69 Å². The van der Waals surface area contributed by atoms with Crippen LogP contribution in [0.5, 0.6) is 0 Å². The predicted molar refractivity (Wildman–Crippen MR) is 184 cm³/mol. The van der Waals surface area contributed by atoms with Gasteiger partial charge in [-0.05, 0) is 108 Å². The second-order valence-electron chi connectivity index (χ2n) is 14.0. The molecule has 258 valence electrons. The highest BCUT2D eigenvalue weighted by Gasteiger charge is 2.32. The molecular weight excluding hydrogens is 596 g/mol. The number of rotatable bonds is 11. The van der Waals surface area contributed by atoms with E-state index < -0.39 is 5.60 Å². The van der Waals surface area contributed by atoms with Gasteiger partial charge in [-0.15, -0.1) is 0 Å². The fourth-order valence-electron chi connectivity index (χ4n) is 6.40. The summed E-state index contributed by atoms with van der Waals surface area (Å²) in [4.78, 5) is 43.7. The molecule has 1 saturated carbocycles. The Morgan fingerprint density at radius 2 is 1.77 bits per heavy atom. The molecule has 0 aromatic heterocycles. The summed E-state index contributed by atoms with van der Waals surface area (Å²) in [6, 6.07) is 14.7. The Morgan fingerprint density at radius 1 is 1.02 bits per heavy atom. The van der Waals surface area contributed by atoms with Crippen LogP contribution in [0, 0.1) is 12.8 Å². The smallest absolute Gasteiger partial charge is 0.410 e. The molecule has 4 rings (SSSR count). The van der Waals surface area contributed by atoms with E-state index in [0.29, 0.717) is 25.8 Å². The SMILES string of the molecule is CCOC(=O)COCc1cccc(NC2CCC(C(=O)N(C)c3ccc(CN4CCN(C(=O)OC(C)(C)C)[C@@H](C)C4)c(C)c3)CC2)c1. The molecule has 2 fully saturated rings. The molecular formula is C37H54N4O6. The third kappa shape index (κ3) is 10.7. The van der Waals surface area contributed by atoms with Crippen molar-refractivity contribution >= 4 is 29.3 Å². The molecule has 1 atom stereocenters. The van der Waals surface area contributed by atoms with Crippen LogP contribution in [0.1, 0.15) is 77.0 Å². The van der Waals surface area contributed by atoms with Crippen molar-refractivity contribution in [2.24, 2.45) is 5.92 Å². The van der Waals surface area contributed by atoms with E-state index in [-0.39, 0.29) is 36.5 Å². The molecule has 1 aliphatic carbocycles. The quantitative estimate of drug-likeness (QED) is 0.289. The molecule has 2 aromatic carbocycles. The number of anilines is 2. The molecule has 2 aromatic rings. The van der Waals surface area contributed by atoms with Crippen LogP contribution in [-0.2, 0) is 37.0 Å². The monoisotopic (exact) mass is 650 g/mol. The Morgan fingerprint density at radius 3 is 2.43 bits per heavy atom. The second kappa shape index (κ2) is 16.5. The van der Waals surface area contributed by atoms with Crippen LogP contribution in [0.4, 0.5) is 16.2 Å². The number of amides is 2. The molecule has 0 bridgehead atoms. The lowest BCUT2D eigenvalue weighted by molar-refractivity contribution is -0.148. The zero-order valence-corrected chi connectivity index (χ0v) is 29.3. The number of benzene rings is 2. The number of hydrogen-bond donors (Lipinski definition) is 1. The summed E-state index contributed by atoms with van der Waals surface area (Å²) in [5, 5.41) is 3.63. The van der Waals surface area contributed by atoms with Crippen molar-refractivity contribution in [1.29, 1.82) is 0 Å². The Hall–Kier alpha value is -3.63. The topological polar surface area (TPSA) is 101 Å². The molecule has 1 aliphatic heterocycles. The third-order valence-corrected chi connectivity index (χ3v) is 8.95. The number of aryl methyl sites for hydroxylation is 1. The summed E-state index contributed by atoms with van der Waals surface area (Å²) < 4.78 is 16.0. The largest absolute Gasteiger partial charge is 0.464 e. The fourth-order valence-corrected chi connectivity index (χ4v) is 6.40. The molecule has 2 aliphatic rings. The van der Waals surface area contributed by atoms with Gasteiger partial charge < -0.3 is 29.3 Å². The minimum Gasteiger partial charge on any atom is -0.464 e. The molecule has 0 spiro atoms. The van der Waals surface area contributed by atoms with Gasteiger partial charge >= 0.3 is 12.1 Å². The van der Waals surface area contributed by atoms with E-state index in [4.69, 9.17) is 14.2 Å². The normalized spacial score (nSPS) is 20.4. The summed E-state index contributed by atoms with van der Waals surface area (Å²) in [6.45, 7) is 15.3. The zero-order chi connectivity index (χ0) is 34.1. The highest BCUT2D eigenvalue weighted by Crippen LogP contribution is 2.30. The molecule has 47 heavy (non-hydrogen) atoms. The first-order valence-electron chi connectivity index (χ1n) is 17.0. The highest BCUT2D eigenvalue weighted by molar-refractivity contribution is 5.94. The van der Waals surface area contributed by atoms with Gasteiger partial charge in [-0.2, -0.15) is 0 Å². The van der Waals surface area contributed by atoms with Gasteiger partial charge in [0.05, 0.1) is 13.2 Å². The number of nitrogens with zero attached hydrogens (tertiary/aromatic N) is 3. The second-order valence-corrected chi connectivity index (χ2v) is 14.0. The molecule has 1 N–H and O–H groups in total. The van der Waals surface area contributed by atoms with Crippen LogP contribution >= 0.6 is 0 Å². The van der Waals surface area contributed by atoms with E-state index in [1.165, 1.54) is 5.56 Å². The van der Waals surface area contributed by atoms with Gasteiger partial charge in [0.1, 0.15) is 12.2 Å². The van der Waals surface area contributed by atoms with E-state index in [9.17, 15) is 14.4 Å². The maximum atomic E-state index is 13.5.